The monoisotopic (exact) mass is 414 g/mol. The third-order valence-corrected chi connectivity index (χ3v) is 3.78. The first-order chi connectivity index (χ1) is 9.59. The van der Waals surface area contributed by atoms with E-state index in [1.807, 2.05) is 0 Å². The average molecular weight is 415 g/mol. The molecule has 0 nitrogen and oxygen atoms in total. The Morgan fingerprint density at radius 3 is 1.92 bits per heavy atom. The third-order valence-electron chi connectivity index (χ3n) is 3.78. The summed E-state index contributed by atoms with van der Waals surface area (Å²) in [6.07, 6.45) is 3.36. The van der Waals surface area contributed by atoms with Gasteiger partial charge in [0.25, 0.3) is 0 Å². The van der Waals surface area contributed by atoms with Gasteiger partial charge in [0.05, 0.1) is 0 Å². The topological polar surface area (TPSA) is 0 Å². The predicted molar refractivity (Wildman–Crippen MR) is 113 cm³/mol. The van der Waals surface area contributed by atoms with E-state index >= 15 is 0 Å². The fraction of sp³-hybridized carbons (Fsp3) is 0.250. The largest absolute Gasteiger partial charge is 0.168 e. The van der Waals surface area contributed by atoms with Crippen LogP contribution in [0.25, 0.3) is 10.8 Å². The van der Waals surface area contributed by atoms with Crippen LogP contribution in [0.1, 0.15) is 27.7 Å². The summed E-state index contributed by atoms with van der Waals surface area (Å²) < 4.78 is 0. The molecule has 0 fully saturated rings. The molecule has 0 heterocycles. The first kappa shape index (κ1) is 31.6. The molecular weight excluding hydrogens is 387 g/mol. The second kappa shape index (κ2) is 16.3. The molecule has 1 atom stereocenters. The molecule has 0 amide bonds. The van der Waals surface area contributed by atoms with Gasteiger partial charge in [-0.25, -0.2) is 5.57 Å². The zero-order valence-electron chi connectivity index (χ0n) is 15.4. The molecule has 0 bridgehead atoms. The van der Waals surface area contributed by atoms with Crippen LogP contribution < -0.4 is 0 Å². The Morgan fingerprint density at radius 1 is 1.00 bits per heavy atom. The van der Waals surface area contributed by atoms with Crippen LogP contribution in [-0.4, -0.2) is 7.63 Å². The van der Waals surface area contributed by atoms with Crippen LogP contribution in [0, 0.1) is 26.8 Å². The SMILES string of the molecule is CC1=[C-]C(C)C(C)=C1C.Cl.Cl.[CH3-].[CH3-].[Si]=[Ti].c1ccc2[cH-]ccc2c1. The van der Waals surface area contributed by atoms with Gasteiger partial charge in [-0.3, -0.25) is 6.08 Å². The van der Waals surface area contributed by atoms with Crippen molar-refractivity contribution < 1.29 is 19.2 Å². The molecule has 0 saturated carbocycles. The molecule has 1 aliphatic carbocycles. The molecular formula is C20H28Cl2SiTi-4. The maximum Gasteiger partial charge on any atom is -0.0809 e. The van der Waals surface area contributed by atoms with Crippen molar-refractivity contribution in [1.82, 2.24) is 0 Å². The summed E-state index contributed by atoms with van der Waals surface area (Å²) in [6.45, 7) is 8.67. The van der Waals surface area contributed by atoms with Gasteiger partial charge in [-0.1, -0.05) is 32.8 Å². The van der Waals surface area contributed by atoms with Gasteiger partial charge in [0.2, 0.25) is 0 Å². The van der Waals surface area contributed by atoms with E-state index in [0.29, 0.717) is 5.92 Å². The van der Waals surface area contributed by atoms with Gasteiger partial charge >= 0.3 is 26.8 Å². The van der Waals surface area contributed by atoms with Gasteiger partial charge in [-0.15, -0.1) is 61.4 Å². The molecule has 24 heavy (non-hydrogen) atoms. The molecule has 0 aromatic heterocycles. The Bertz CT molecular complexity index is 599. The van der Waals surface area contributed by atoms with Crippen LogP contribution in [0.5, 0.6) is 0 Å². The van der Waals surface area contributed by atoms with E-state index in [-0.39, 0.29) is 39.7 Å². The Hall–Kier alpha value is -0.179. The van der Waals surface area contributed by atoms with Crippen molar-refractivity contribution in [2.75, 3.05) is 0 Å². The summed E-state index contributed by atoms with van der Waals surface area (Å²) >= 11 is 1.81. The molecule has 134 valence electrons. The van der Waals surface area contributed by atoms with Crippen molar-refractivity contribution in [3.8, 4) is 0 Å². The predicted octanol–water partition coefficient (Wildman–Crippen LogP) is 6.64. The number of benzene rings is 1. The van der Waals surface area contributed by atoms with Crippen LogP contribution in [-0.2, 0) is 19.2 Å². The number of fused-ring (bicyclic) bond motifs is 1. The van der Waals surface area contributed by atoms with Crippen LogP contribution in [0.3, 0.4) is 0 Å². The van der Waals surface area contributed by atoms with Crippen molar-refractivity contribution >= 4 is 43.2 Å². The normalized spacial score (nSPS) is 14.1. The van der Waals surface area contributed by atoms with Crippen LogP contribution in [0.4, 0.5) is 0 Å². The Kier molecular flexibility index (Phi) is 21.4. The molecule has 1 unspecified atom stereocenters. The molecule has 0 spiro atoms. The average Bonchev–Trinajstić information content (AvgIpc) is 3.04. The zero-order chi connectivity index (χ0) is 15.1. The smallest absolute Gasteiger partial charge is 0.0809 e. The Morgan fingerprint density at radius 2 is 1.54 bits per heavy atom. The van der Waals surface area contributed by atoms with Crippen LogP contribution in [0.2, 0.25) is 0 Å². The van der Waals surface area contributed by atoms with Gasteiger partial charge < -0.3 is 14.9 Å². The molecule has 4 heteroatoms. The summed E-state index contributed by atoms with van der Waals surface area (Å²) in [7, 11) is 2.97. The molecule has 2 aromatic carbocycles. The van der Waals surface area contributed by atoms with Gasteiger partial charge in [0.1, 0.15) is 0 Å². The van der Waals surface area contributed by atoms with Crippen molar-refractivity contribution in [3.05, 3.63) is 80.1 Å². The minimum Gasteiger partial charge on any atom is -0.168 e. The van der Waals surface area contributed by atoms with Gasteiger partial charge in [-0.2, -0.15) is 28.7 Å². The Labute approximate surface area is 175 Å². The molecule has 3 rings (SSSR count). The number of hydrogen-bond donors (Lipinski definition) is 0. The number of rotatable bonds is 0. The summed E-state index contributed by atoms with van der Waals surface area (Å²) in [4.78, 5) is 0. The van der Waals surface area contributed by atoms with E-state index in [1.165, 1.54) is 27.5 Å². The second-order valence-corrected chi connectivity index (χ2v) is 4.95. The van der Waals surface area contributed by atoms with Crippen molar-refractivity contribution in [2.45, 2.75) is 27.7 Å². The molecule has 0 N–H and O–H groups in total. The molecule has 0 saturated heterocycles. The fourth-order valence-electron chi connectivity index (χ4n) is 2.23. The molecule has 2 radical (unpaired) electrons. The van der Waals surface area contributed by atoms with E-state index in [9.17, 15) is 0 Å². The minimum atomic E-state index is 0. The summed E-state index contributed by atoms with van der Waals surface area (Å²) in [5, 5.41) is 2.66. The van der Waals surface area contributed by atoms with E-state index in [2.05, 4.69) is 83.9 Å². The van der Waals surface area contributed by atoms with E-state index in [0.717, 1.165) is 0 Å². The summed E-state index contributed by atoms with van der Waals surface area (Å²) in [6, 6.07) is 14.7. The quantitative estimate of drug-likeness (QED) is 0.334. The summed E-state index contributed by atoms with van der Waals surface area (Å²) in [5.74, 6) is 0.560. The van der Waals surface area contributed by atoms with Crippen LogP contribution in [0.15, 0.2) is 59.2 Å². The Balaban J connectivity index is -0.000000131. The maximum atomic E-state index is 3.36. The van der Waals surface area contributed by atoms with E-state index < -0.39 is 0 Å². The first-order valence-corrected chi connectivity index (χ1v) is 9.57. The van der Waals surface area contributed by atoms with Crippen molar-refractivity contribution in [3.63, 3.8) is 0 Å². The number of halogens is 2. The minimum absolute atomic E-state index is 0. The third kappa shape index (κ3) is 8.78. The standard InChI is InChI=1S/C9H7.C9H13.2CH3.2ClH.Si.Ti/c1-2-5-9-7-3-6-8(9)4-1;1-6-5-7(2)9(4)8(6)3;;;;;;/h1-7H;6H,1-4H3;2*1H3;2*1H;;/q4*-1;;;;. The molecule has 2 aromatic rings. The van der Waals surface area contributed by atoms with Gasteiger partial charge in [0.15, 0.2) is 0 Å². The van der Waals surface area contributed by atoms with Crippen molar-refractivity contribution in [2.24, 2.45) is 5.92 Å². The van der Waals surface area contributed by atoms with E-state index in [1.54, 1.807) is 19.2 Å². The second-order valence-electron chi connectivity index (χ2n) is 4.95. The van der Waals surface area contributed by atoms with E-state index in [4.69, 9.17) is 0 Å². The fourth-order valence-corrected chi connectivity index (χ4v) is 2.23. The van der Waals surface area contributed by atoms with Gasteiger partial charge in [-0.05, 0) is 0 Å². The summed E-state index contributed by atoms with van der Waals surface area (Å²) in [5.41, 5.74) is 4.25. The van der Waals surface area contributed by atoms with Crippen LogP contribution >= 0.6 is 24.8 Å². The zero-order valence-corrected chi connectivity index (χ0v) is 19.6. The maximum absolute atomic E-state index is 3.36. The molecule has 1 aliphatic rings. The number of hydrogen-bond acceptors (Lipinski definition) is 0. The molecule has 0 aliphatic heterocycles. The van der Waals surface area contributed by atoms with Gasteiger partial charge in [0, 0.05) is 0 Å². The number of allylic oxidation sites excluding steroid dienone is 4. The first-order valence-electron chi connectivity index (χ1n) is 6.73. The van der Waals surface area contributed by atoms with Crippen molar-refractivity contribution in [1.29, 1.82) is 0 Å².